The standard InChI is InChI=1S/C16H23NO4/c1-5-6-12-9-13(10-14(20-3)15(12)21-4)16(19)17-11(2)7-8-18/h5,9-11,18H,1,6-8H2,2-4H3,(H,17,19). The molecule has 0 aliphatic carbocycles. The smallest absolute Gasteiger partial charge is 0.251 e. The molecule has 1 rings (SSSR count). The summed E-state index contributed by atoms with van der Waals surface area (Å²) in [6.45, 7) is 5.59. The fourth-order valence-electron chi connectivity index (χ4n) is 2.05. The number of allylic oxidation sites excluding steroid dienone is 1. The molecule has 0 aliphatic heterocycles. The van der Waals surface area contributed by atoms with Crippen LogP contribution in [-0.4, -0.2) is 37.9 Å². The molecule has 0 aliphatic rings. The van der Waals surface area contributed by atoms with Gasteiger partial charge in [0.2, 0.25) is 0 Å². The van der Waals surface area contributed by atoms with E-state index < -0.39 is 0 Å². The zero-order valence-corrected chi connectivity index (χ0v) is 12.8. The van der Waals surface area contributed by atoms with Crippen LogP contribution in [0.2, 0.25) is 0 Å². The number of carbonyl (C=O) groups is 1. The second kappa shape index (κ2) is 8.32. The molecule has 0 heterocycles. The number of nitrogens with one attached hydrogen (secondary N) is 1. The molecular formula is C16H23NO4. The Hall–Kier alpha value is -2.01. The molecule has 0 saturated carbocycles. The van der Waals surface area contributed by atoms with E-state index in [9.17, 15) is 4.79 Å². The minimum absolute atomic E-state index is 0.0368. The number of hydrogen-bond donors (Lipinski definition) is 2. The largest absolute Gasteiger partial charge is 0.493 e. The summed E-state index contributed by atoms with van der Waals surface area (Å²) < 4.78 is 10.6. The molecule has 0 aromatic heterocycles. The lowest BCUT2D eigenvalue weighted by molar-refractivity contribution is 0.0934. The van der Waals surface area contributed by atoms with Gasteiger partial charge in [-0.3, -0.25) is 4.79 Å². The molecular weight excluding hydrogens is 270 g/mol. The van der Waals surface area contributed by atoms with E-state index in [2.05, 4.69) is 11.9 Å². The van der Waals surface area contributed by atoms with E-state index in [0.717, 1.165) is 5.56 Å². The number of amides is 1. The highest BCUT2D eigenvalue weighted by molar-refractivity contribution is 5.95. The second-order valence-electron chi connectivity index (χ2n) is 4.75. The van der Waals surface area contributed by atoms with Crippen molar-refractivity contribution < 1.29 is 19.4 Å². The Bertz CT molecular complexity index is 499. The number of carbonyl (C=O) groups excluding carboxylic acids is 1. The van der Waals surface area contributed by atoms with E-state index in [0.29, 0.717) is 29.9 Å². The van der Waals surface area contributed by atoms with E-state index in [1.807, 2.05) is 6.92 Å². The third-order valence-electron chi connectivity index (χ3n) is 3.12. The van der Waals surface area contributed by atoms with Crippen molar-refractivity contribution in [3.8, 4) is 11.5 Å². The molecule has 1 amide bonds. The first-order valence-corrected chi connectivity index (χ1v) is 6.84. The Labute approximate surface area is 125 Å². The zero-order valence-electron chi connectivity index (χ0n) is 12.8. The van der Waals surface area contributed by atoms with Crippen molar-refractivity contribution in [3.05, 3.63) is 35.9 Å². The van der Waals surface area contributed by atoms with Crippen LogP contribution in [-0.2, 0) is 6.42 Å². The lowest BCUT2D eigenvalue weighted by Crippen LogP contribution is -2.33. The van der Waals surface area contributed by atoms with Crippen LogP contribution in [0.15, 0.2) is 24.8 Å². The normalized spacial score (nSPS) is 11.6. The van der Waals surface area contributed by atoms with Gasteiger partial charge in [0.25, 0.3) is 5.91 Å². The molecule has 1 aromatic rings. The first-order valence-electron chi connectivity index (χ1n) is 6.84. The van der Waals surface area contributed by atoms with Crippen LogP contribution in [0, 0.1) is 0 Å². The summed E-state index contributed by atoms with van der Waals surface area (Å²) in [5.74, 6) is 0.913. The SMILES string of the molecule is C=CCc1cc(C(=O)NC(C)CCO)cc(OC)c1OC. The number of methoxy groups -OCH3 is 2. The topological polar surface area (TPSA) is 67.8 Å². The quantitative estimate of drug-likeness (QED) is 0.719. The van der Waals surface area contributed by atoms with E-state index >= 15 is 0 Å². The van der Waals surface area contributed by atoms with E-state index in [4.69, 9.17) is 14.6 Å². The van der Waals surface area contributed by atoms with E-state index in [1.165, 1.54) is 7.11 Å². The van der Waals surface area contributed by atoms with Crippen LogP contribution < -0.4 is 14.8 Å². The molecule has 21 heavy (non-hydrogen) atoms. The summed E-state index contributed by atoms with van der Waals surface area (Å²) in [6, 6.07) is 3.31. The molecule has 0 bridgehead atoms. The van der Waals surface area contributed by atoms with E-state index in [1.54, 1.807) is 25.3 Å². The predicted molar refractivity (Wildman–Crippen MR) is 82.1 cm³/mol. The molecule has 0 saturated heterocycles. The number of hydrogen-bond acceptors (Lipinski definition) is 4. The molecule has 2 N–H and O–H groups in total. The van der Waals surface area contributed by atoms with Gasteiger partial charge in [0.1, 0.15) is 0 Å². The summed E-state index contributed by atoms with van der Waals surface area (Å²) in [5.41, 5.74) is 1.33. The molecule has 1 aromatic carbocycles. The van der Waals surface area contributed by atoms with Crippen molar-refractivity contribution in [2.75, 3.05) is 20.8 Å². The van der Waals surface area contributed by atoms with Crippen molar-refractivity contribution in [2.45, 2.75) is 25.8 Å². The van der Waals surface area contributed by atoms with Crippen LogP contribution in [0.1, 0.15) is 29.3 Å². The van der Waals surface area contributed by atoms with Gasteiger partial charge in [-0.25, -0.2) is 0 Å². The first kappa shape index (κ1) is 17.0. The third kappa shape index (κ3) is 4.49. The fourth-order valence-corrected chi connectivity index (χ4v) is 2.05. The van der Waals surface area contributed by atoms with Crippen LogP contribution in [0.4, 0.5) is 0 Å². The predicted octanol–water partition coefficient (Wildman–Crippen LogP) is 1.93. The Morgan fingerprint density at radius 3 is 2.67 bits per heavy atom. The summed E-state index contributed by atoms with van der Waals surface area (Å²) in [7, 11) is 3.10. The van der Waals surface area contributed by atoms with Gasteiger partial charge in [-0.15, -0.1) is 6.58 Å². The van der Waals surface area contributed by atoms with Crippen molar-refractivity contribution in [1.29, 1.82) is 0 Å². The van der Waals surface area contributed by atoms with Crippen molar-refractivity contribution in [2.24, 2.45) is 0 Å². The van der Waals surface area contributed by atoms with Gasteiger partial charge in [0.15, 0.2) is 11.5 Å². The minimum atomic E-state index is -0.206. The lowest BCUT2D eigenvalue weighted by atomic mass is 10.0. The minimum Gasteiger partial charge on any atom is -0.493 e. The Kier molecular flexibility index (Phi) is 6.75. The zero-order chi connectivity index (χ0) is 15.8. The summed E-state index contributed by atoms with van der Waals surface area (Å²) in [6.07, 6.45) is 2.83. The van der Waals surface area contributed by atoms with Crippen molar-refractivity contribution in [3.63, 3.8) is 0 Å². The maximum Gasteiger partial charge on any atom is 0.251 e. The number of benzene rings is 1. The van der Waals surface area contributed by atoms with Crippen LogP contribution >= 0.6 is 0 Å². The number of rotatable bonds is 8. The highest BCUT2D eigenvalue weighted by Crippen LogP contribution is 2.33. The monoisotopic (exact) mass is 293 g/mol. The second-order valence-corrected chi connectivity index (χ2v) is 4.75. The lowest BCUT2D eigenvalue weighted by Gasteiger charge is -2.16. The molecule has 116 valence electrons. The molecule has 0 spiro atoms. The Morgan fingerprint density at radius 1 is 1.43 bits per heavy atom. The summed E-state index contributed by atoms with van der Waals surface area (Å²) in [4.78, 5) is 12.2. The maximum absolute atomic E-state index is 12.2. The third-order valence-corrected chi connectivity index (χ3v) is 3.12. The number of aliphatic hydroxyl groups is 1. The van der Waals surface area contributed by atoms with Gasteiger partial charge in [-0.05, 0) is 31.9 Å². The van der Waals surface area contributed by atoms with Crippen LogP contribution in [0.3, 0.4) is 0 Å². The van der Waals surface area contributed by atoms with Crippen molar-refractivity contribution in [1.82, 2.24) is 5.32 Å². The number of ether oxygens (including phenoxy) is 2. The van der Waals surface area contributed by atoms with Crippen molar-refractivity contribution >= 4 is 5.91 Å². The Morgan fingerprint density at radius 2 is 2.14 bits per heavy atom. The molecule has 0 radical (unpaired) electrons. The van der Waals surface area contributed by atoms with Gasteiger partial charge in [-0.2, -0.15) is 0 Å². The summed E-state index contributed by atoms with van der Waals surface area (Å²) >= 11 is 0. The van der Waals surface area contributed by atoms with Gasteiger partial charge in [-0.1, -0.05) is 6.08 Å². The summed E-state index contributed by atoms with van der Waals surface area (Å²) in [5, 5.41) is 11.7. The highest BCUT2D eigenvalue weighted by atomic mass is 16.5. The molecule has 5 heteroatoms. The average molecular weight is 293 g/mol. The van der Waals surface area contributed by atoms with Gasteiger partial charge >= 0.3 is 0 Å². The fraction of sp³-hybridized carbons (Fsp3) is 0.438. The molecule has 5 nitrogen and oxygen atoms in total. The number of aliphatic hydroxyl groups excluding tert-OH is 1. The highest BCUT2D eigenvalue weighted by Gasteiger charge is 2.16. The van der Waals surface area contributed by atoms with Gasteiger partial charge in [0.05, 0.1) is 14.2 Å². The van der Waals surface area contributed by atoms with Gasteiger partial charge in [0, 0.05) is 23.8 Å². The molecule has 1 atom stereocenters. The van der Waals surface area contributed by atoms with Crippen LogP contribution in [0.5, 0.6) is 11.5 Å². The maximum atomic E-state index is 12.2. The first-order chi connectivity index (χ1) is 10.1. The van der Waals surface area contributed by atoms with E-state index in [-0.39, 0.29) is 18.6 Å². The Balaban J connectivity index is 3.09. The average Bonchev–Trinajstić information content (AvgIpc) is 2.46. The van der Waals surface area contributed by atoms with Crippen LogP contribution in [0.25, 0.3) is 0 Å². The molecule has 0 fully saturated rings. The van der Waals surface area contributed by atoms with Gasteiger partial charge < -0.3 is 19.9 Å². The molecule has 1 unspecified atom stereocenters.